The van der Waals surface area contributed by atoms with Crippen LogP contribution in [0.2, 0.25) is 0 Å². The molecular formula is C22H22FN3O2. The van der Waals surface area contributed by atoms with Crippen LogP contribution in [0.5, 0.6) is 5.75 Å². The summed E-state index contributed by atoms with van der Waals surface area (Å²) < 4.78 is 18.8. The highest BCUT2D eigenvalue weighted by atomic mass is 19.1. The van der Waals surface area contributed by atoms with Gasteiger partial charge in [-0.05, 0) is 35.9 Å². The maximum absolute atomic E-state index is 13.0. The lowest BCUT2D eigenvalue weighted by Crippen LogP contribution is -2.25. The van der Waals surface area contributed by atoms with E-state index < -0.39 is 0 Å². The summed E-state index contributed by atoms with van der Waals surface area (Å²) in [6.07, 6.45) is 1.72. The van der Waals surface area contributed by atoms with Crippen molar-refractivity contribution >= 4 is 11.7 Å². The molecule has 1 aromatic heterocycles. The Balaban J connectivity index is 1.68. The number of nitrogens with zero attached hydrogens (tertiary/aromatic N) is 2. The van der Waals surface area contributed by atoms with Gasteiger partial charge in [-0.25, -0.2) is 9.37 Å². The van der Waals surface area contributed by atoms with Crippen molar-refractivity contribution in [3.63, 3.8) is 0 Å². The summed E-state index contributed by atoms with van der Waals surface area (Å²) in [7, 11) is 3.82. The molecule has 0 atom stereocenters. The van der Waals surface area contributed by atoms with Crippen LogP contribution >= 0.6 is 0 Å². The molecule has 5 nitrogen and oxygen atoms in total. The summed E-state index contributed by atoms with van der Waals surface area (Å²) in [6.45, 7) is 0.602. The molecule has 3 aromatic rings. The van der Waals surface area contributed by atoms with Gasteiger partial charge in [0.2, 0.25) is 0 Å². The van der Waals surface area contributed by atoms with Crippen LogP contribution in [-0.4, -0.2) is 25.0 Å². The van der Waals surface area contributed by atoms with Crippen molar-refractivity contribution in [2.75, 3.05) is 19.0 Å². The molecule has 0 aliphatic heterocycles. The SMILES string of the molecule is CN(C)c1ncccc1CNC(=O)c1ccccc1OCc1ccc(F)cc1. The van der Waals surface area contributed by atoms with Crippen molar-refractivity contribution in [1.29, 1.82) is 0 Å². The fraction of sp³-hybridized carbons (Fsp3) is 0.182. The summed E-state index contributed by atoms with van der Waals surface area (Å²) in [6, 6.07) is 16.9. The van der Waals surface area contributed by atoms with Crippen molar-refractivity contribution in [3.05, 3.63) is 89.4 Å². The summed E-state index contributed by atoms with van der Waals surface area (Å²) >= 11 is 0. The van der Waals surface area contributed by atoms with Crippen LogP contribution < -0.4 is 15.0 Å². The average molecular weight is 379 g/mol. The third kappa shape index (κ3) is 4.85. The fourth-order valence-electron chi connectivity index (χ4n) is 2.76. The van der Waals surface area contributed by atoms with E-state index in [4.69, 9.17) is 4.74 Å². The van der Waals surface area contributed by atoms with Crippen molar-refractivity contribution in [2.24, 2.45) is 0 Å². The Kier molecular flexibility index (Phi) is 6.22. The summed E-state index contributed by atoms with van der Waals surface area (Å²) in [5, 5.41) is 2.92. The van der Waals surface area contributed by atoms with Crippen LogP contribution in [-0.2, 0) is 13.2 Å². The third-order valence-corrected chi connectivity index (χ3v) is 4.17. The monoisotopic (exact) mass is 379 g/mol. The first kappa shape index (κ1) is 19.4. The van der Waals surface area contributed by atoms with Crippen molar-refractivity contribution in [1.82, 2.24) is 10.3 Å². The summed E-state index contributed by atoms with van der Waals surface area (Å²) in [5.41, 5.74) is 2.19. The molecule has 0 saturated heterocycles. The van der Waals surface area contributed by atoms with Crippen LogP contribution in [0.3, 0.4) is 0 Å². The predicted molar refractivity (Wildman–Crippen MR) is 107 cm³/mol. The molecule has 0 saturated carbocycles. The number of benzene rings is 2. The zero-order chi connectivity index (χ0) is 19.9. The number of halogens is 1. The van der Waals surface area contributed by atoms with E-state index in [0.29, 0.717) is 17.9 Å². The molecule has 6 heteroatoms. The van der Waals surface area contributed by atoms with Crippen LogP contribution in [0.4, 0.5) is 10.2 Å². The lowest BCUT2D eigenvalue weighted by atomic mass is 10.1. The normalized spacial score (nSPS) is 10.4. The molecule has 0 aliphatic carbocycles. The van der Waals surface area contributed by atoms with Gasteiger partial charge in [0.25, 0.3) is 5.91 Å². The average Bonchev–Trinajstić information content (AvgIpc) is 2.72. The largest absolute Gasteiger partial charge is 0.488 e. The van der Waals surface area contributed by atoms with E-state index >= 15 is 0 Å². The second-order valence-electron chi connectivity index (χ2n) is 6.47. The highest BCUT2D eigenvalue weighted by Crippen LogP contribution is 2.20. The van der Waals surface area contributed by atoms with Crippen LogP contribution in [0.25, 0.3) is 0 Å². The van der Waals surface area contributed by atoms with E-state index in [0.717, 1.165) is 16.9 Å². The van der Waals surface area contributed by atoms with Gasteiger partial charge >= 0.3 is 0 Å². The molecule has 1 heterocycles. The van der Waals surface area contributed by atoms with Crippen LogP contribution in [0.1, 0.15) is 21.5 Å². The zero-order valence-corrected chi connectivity index (χ0v) is 15.9. The molecule has 0 spiro atoms. The first-order valence-electron chi connectivity index (χ1n) is 8.90. The number of amides is 1. The molecule has 3 rings (SSSR count). The van der Waals surface area contributed by atoms with Gasteiger partial charge in [-0.15, -0.1) is 0 Å². The van der Waals surface area contributed by atoms with Gasteiger partial charge < -0.3 is 15.0 Å². The number of ether oxygens (including phenoxy) is 1. The molecule has 2 aromatic carbocycles. The van der Waals surface area contributed by atoms with Gasteiger partial charge in [0, 0.05) is 32.4 Å². The molecule has 144 valence electrons. The second-order valence-corrected chi connectivity index (χ2v) is 6.47. The van der Waals surface area contributed by atoms with Crippen molar-refractivity contribution in [3.8, 4) is 5.75 Å². The van der Waals surface area contributed by atoms with Gasteiger partial charge in [-0.1, -0.05) is 30.3 Å². The number of carbonyl (C=O) groups excluding carboxylic acids is 1. The Bertz CT molecular complexity index is 943. The van der Waals surface area contributed by atoms with Crippen molar-refractivity contribution < 1.29 is 13.9 Å². The minimum absolute atomic E-state index is 0.233. The smallest absolute Gasteiger partial charge is 0.255 e. The van der Waals surface area contributed by atoms with E-state index in [-0.39, 0.29) is 18.3 Å². The number of nitrogens with one attached hydrogen (secondary N) is 1. The molecule has 0 aliphatic rings. The van der Waals surface area contributed by atoms with E-state index in [2.05, 4.69) is 10.3 Å². The molecule has 28 heavy (non-hydrogen) atoms. The van der Waals surface area contributed by atoms with E-state index in [9.17, 15) is 9.18 Å². The van der Waals surface area contributed by atoms with Crippen LogP contribution in [0.15, 0.2) is 66.9 Å². The lowest BCUT2D eigenvalue weighted by Gasteiger charge is -2.16. The molecule has 1 N–H and O–H groups in total. The van der Waals surface area contributed by atoms with Gasteiger partial charge in [0.05, 0.1) is 5.56 Å². The third-order valence-electron chi connectivity index (χ3n) is 4.17. The number of pyridine rings is 1. The van der Waals surface area contributed by atoms with Gasteiger partial charge in [-0.3, -0.25) is 4.79 Å². The molecule has 0 fully saturated rings. The maximum atomic E-state index is 13.0. The summed E-state index contributed by atoms with van der Waals surface area (Å²) in [4.78, 5) is 18.9. The van der Waals surface area contributed by atoms with E-state index in [1.165, 1.54) is 12.1 Å². The molecule has 0 unspecified atom stereocenters. The number of aromatic nitrogens is 1. The quantitative estimate of drug-likeness (QED) is 0.679. The summed E-state index contributed by atoms with van der Waals surface area (Å²) in [5.74, 6) is 0.756. The number of carbonyl (C=O) groups is 1. The van der Waals surface area contributed by atoms with Crippen molar-refractivity contribution in [2.45, 2.75) is 13.2 Å². The first-order chi connectivity index (χ1) is 13.5. The first-order valence-corrected chi connectivity index (χ1v) is 8.90. The minimum Gasteiger partial charge on any atom is -0.488 e. The maximum Gasteiger partial charge on any atom is 0.255 e. The number of para-hydroxylation sites is 1. The lowest BCUT2D eigenvalue weighted by molar-refractivity contribution is 0.0946. The van der Waals surface area contributed by atoms with Gasteiger partial charge in [-0.2, -0.15) is 0 Å². The Hall–Kier alpha value is -3.41. The number of hydrogen-bond donors (Lipinski definition) is 1. The Morgan fingerprint density at radius 1 is 1.07 bits per heavy atom. The molecular weight excluding hydrogens is 357 g/mol. The molecule has 0 radical (unpaired) electrons. The van der Waals surface area contributed by atoms with Gasteiger partial charge in [0.1, 0.15) is 24.0 Å². The number of hydrogen-bond acceptors (Lipinski definition) is 4. The highest BCUT2D eigenvalue weighted by molar-refractivity contribution is 5.96. The standard InChI is InChI=1S/C22H22FN3O2/c1-26(2)21-17(6-5-13-24-21)14-25-22(27)19-7-3-4-8-20(19)28-15-16-9-11-18(23)12-10-16/h3-13H,14-15H2,1-2H3,(H,25,27). The highest BCUT2D eigenvalue weighted by Gasteiger charge is 2.13. The van der Waals surface area contributed by atoms with Gasteiger partial charge in [0.15, 0.2) is 0 Å². The molecule has 0 bridgehead atoms. The Morgan fingerprint density at radius 2 is 1.82 bits per heavy atom. The Labute approximate surface area is 163 Å². The van der Waals surface area contributed by atoms with E-state index in [1.54, 1.807) is 36.5 Å². The van der Waals surface area contributed by atoms with E-state index in [1.807, 2.05) is 37.2 Å². The number of rotatable bonds is 7. The molecule has 1 amide bonds. The Morgan fingerprint density at radius 3 is 2.57 bits per heavy atom. The topological polar surface area (TPSA) is 54.5 Å². The fourth-order valence-corrected chi connectivity index (χ4v) is 2.76. The predicted octanol–water partition coefficient (Wildman–Crippen LogP) is 3.80. The zero-order valence-electron chi connectivity index (χ0n) is 15.9. The second kappa shape index (κ2) is 8.99. The van der Waals surface area contributed by atoms with Crippen LogP contribution in [0, 0.1) is 5.82 Å². The minimum atomic E-state index is -0.295. The number of anilines is 1.